The lowest BCUT2D eigenvalue weighted by molar-refractivity contribution is 0.0952. The molecule has 0 saturated heterocycles. The van der Waals surface area contributed by atoms with Crippen LogP contribution in [0.1, 0.15) is 15.9 Å². The maximum Gasteiger partial charge on any atom is 0.275 e. The minimum Gasteiger partial charge on any atom is -0.507 e. The fraction of sp³-hybridized carbons (Fsp3) is 0.176. The first-order chi connectivity index (χ1) is 11.6. The van der Waals surface area contributed by atoms with Gasteiger partial charge in [0.2, 0.25) is 0 Å². The molecule has 1 amide bonds. The van der Waals surface area contributed by atoms with Gasteiger partial charge in [-0.25, -0.2) is 5.43 Å². The molecule has 24 heavy (non-hydrogen) atoms. The maximum atomic E-state index is 12.0. The second kappa shape index (κ2) is 7.87. The number of methoxy groups -OCH3 is 3. The van der Waals surface area contributed by atoms with Crippen LogP contribution in [0.3, 0.4) is 0 Å². The summed E-state index contributed by atoms with van der Waals surface area (Å²) in [5.74, 6) is 0.891. The van der Waals surface area contributed by atoms with E-state index in [1.54, 1.807) is 24.3 Å². The van der Waals surface area contributed by atoms with Crippen molar-refractivity contribution in [3.05, 3.63) is 47.5 Å². The molecular weight excluding hydrogens is 312 g/mol. The number of rotatable bonds is 6. The van der Waals surface area contributed by atoms with Gasteiger partial charge in [0.1, 0.15) is 11.5 Å². The summed E-state index contributed by atoms with van der Waals surface area (Å²) < 4.78 is 15.7. The number of ether oxygens (including phenoxy) is 3. The van der Waals surface area contributed by atoms with E-state index in [9.17, 15) is 9.90 Å². The second-order valence-corrected chi connectivity index (χ2v) is 4.67. The molecule has 0 saturated carbocycles. The molecule has 0 heterocycles. The molecule has 7 heteroatoms. The Morgan fingerprint density at radius 1 is 1.04 bits per heavy atom. The Labute approximate surface area is 139 Å². The highest BCUT2D eigenvalue weighted by molar-refractivity contribution is 5.97. The third-order valence-corrected chi connectivity index (χ3v) is 3.25. The maximum absolute atomic E-state index is 12.0. The van der Waals surface area contributed by atoms with Crippen molar-refractivity contribution in [2.45, 2.75) is 0 Å². The van der Waals surface area contributed by atoms with Gasteiger partial charge in [0, 0.05) is 11.6 Å². The molecule has 0 aromatic heterocycles. The average molecular weight is 330 g/mol. The van der Waals surface area contributed by atoms with Gasteiger partial charge in [-0.05, 0) is 18.2 Å². The van der Waals surface area contributed by atoms with E-state index >= 15 is 0 Å². The fourth-order valence-corrected chi connectivity index (χ4v) is 2.04. The smallest absolute Gasteiger partial charge is 0.275 e. The molecule has 0 unspecified atom stereocenters. The summed E-state index contributed by atoms with van der Waals surface area (Å²) in [5.41, 5.74) is 3.07. The number of hydrogen-bond acceptors (Lipinski definition) is 6. The van der Waals surface area contributed by atoms with Gasteiger partial charge in [0.25, 0.3) is 5.91 Å². The number of carbonyl (C=O) groups excluding carboxylic acids is 1. The molecule has 0 radical (unpaired) electrons. The van der Waals surface area contributed by atoms with Crippen molar-refractivity contribution in [1.82, 2.24) is 5.43 Å². The van der Waals surface area contributed by atoms with Crippen molar-refractivity contribution in [2.75, 3.05) is 21.3 Å². The third kappa shape index (κ3) is 3.75. The number of benzene rings is 2. The van der Waals surface area contributed by atoms with E-state index in [4.69, 9.17) is 14.2 Å². The summed E-state index contributed by atoms with van der Waals surface area (Å²) >= 11 is 0. The number of para-hydroxylation sites is 1. The highest BCUT2D eigenvalue weighted by atomic mass is 16.5. The summed E-state index contributed by atoms with van der Waals surface area (Å²) in [6, 6.07) is 9.53. The number of hydrogen-bond donors (Lipinski definition) is 2. The topological polar surface area (TPSA) is 89.4 Å². The van der Waals surface area contributed by atoms with Crippen LogP contribution < -0.4 is 19.6 Å². The first-order valence-electron chi connectivity index (χ1n) is 7.02. The number of nitrogens with one attached hydrogen (secondary N) is 1. The van der Waals surface area contributed by atoms with Gasteiger partial charge in [0.05, 0.1) is 33.1 Å². The van der Waals surface area contributed by atoms with Crippen molar-refractivity contribution in [1.29, 1.82) is 0 Å². The summed E-state index contributed by atoms with van der Waals surface area (Å²) in [4.78, 5) is 12.0. The molecule has 2 N–H and O–H groups in total. The molecule has 2 aromatic carbocycles. The highest BCUT2D eigenvalue weighted by Crippen LogP contribution is 2.33. The zero-order valence-electron chi connectivity index (χ0n) is 13.6. The molecule has 126 valence electrons. The monoisotopic (exact) mass is 330 g/mol. The summed E-state index contributed by atoms with van der Waals surface area (Å²) in [5, 5.41) is 13.5. The van der Waals surface area contributed by atoms with E-state index in [1.165, 1.54) is 39.7 Å². The Bertz CT molecular complexity index is 759. The number of hydrazone groups is 1. The van der Waals surface area contributed by atoms with Gasteiger partial charge in [-0.15, -0.1) is 0 Å². The average Bonchev–Trinajstić information content (AvgIpc) is 2.61. The van der Waals surface area contributed by atoms with Gasteiger partial charge in [0.15, 0.2) is 11.5 Å². The van der Waals surface area contributed by atoms with E-state index in [2.05, 4.69) is 10.5 Å². The van der Waals surface area contributed by atoms with Gasteiger partial charge in [-0.2, -0.15) is 5.10 Å². The normalized spacial score (nSPS) is 10.5. The van der Waals surface area contributed by atoms with Crippen LogP contribution in [0.25, 0.3) is 0 Å². The lowest BCUT2D eigenvalue weighted by Crippen LogP contribution is -2.17. The first-order valence-corrected chi connectivity index (χ1v) is 7.02. The Morgan fingerprint density at radius 3 is 2.29 bits per heavy atom. The van der Waals surface area contributed by atoms with Crippen molar-refractivity contribution < 1.29 is 24.1 Å². The Hall–Kier alpha value is -3.22. The van der Waals surface area contributed by atoms with Crippen LogP contribution in [0.5, 0.6) is 23.0 Å². The number of phenols is 1. The lowest BCUT2D eigenvalue weighted by atomic mass is 10.2. The molecule has 0 spiro atoms. The number of amides is 1. The number of phenolic OH excluding ortho intramolecular Hbond substituents is 1. The quantitative estimate of drug-likeness (QED) is 0.626. The number of aromatic hydroxyl groups is 1. The first kappa shape index (κ1) is 17.1. The molecule has 0 aliphatic heterocycles. The Morgan fingerprint density at radius 2 is 1.67 bits per heavy atom. The third-order valence-electron chi connectivity index (χ3n) is 3.25. The van der Waals surface area contributed by atoms with Crippen molar-refractivity contribution in [3.8, 4) is 23.0 Å². The minimum atomic E-state index is -0.524. The molecule has 0 aliphatic rings. The molecule has 2 rings (SSSR count). The van der Waals surface area contributed by atoms with Crippen molar-refractivity contribution >= 4 is 12.1 Å². The molecule has 0 atom stereocenters. The molecule has 0 bridgehead atoms. The highest BCUT2D eigenvalue weighted by Gasteiger charge is 2.11. The predicted molar refractivity (Wildman–Crippen MR) is 89.3 cm³/mol. The lowest BCUT2D eigenvalue weighted by Gasteiger charge is -2.11. The molecule has 0 fully saturated rings. The SMILES string of the molecule is COc1cc(OC)c(OC)cc1/C=N/NC(=O)c1ccccc1O. The van der Waals surface area contributed by atoms with E-state index in [0.29, 0.717) is 22.8 Å². The molecule has 7 nitrogen and oxygen atoms in total. The van der Waals surface area contributed by atoms with E-state index in [0.717, 1.165) is 0 Å². The van der Waals surface area contributed by atoms with Crippen LogP contribution in [0.4, 0.5) is 0 Å². The molecular formula is C17H18N2O5. The van der Waals surface area contributed by atoms with E-state index < -0.39 is 5.91 Å². The van der Waals surface area contributed by atoms with Crippen LogP contribution in [-0.4, -0.2) is 38.6 Å². The van der Waals surface area contributed by atoms with Gasteiger partial charge >= 0.3 is 0 Å². The second-order valence-electron chi connectivity index (χ2n) is 4.67. The van der Waals surface area contributed by atoms with Crippen LogP contribution in [0, 0.1) is 0 Å². The van der Waals surface area contributed by atoms with Gasteiger partial charge < -0.3 is 19.3 Å². The van der Waals surface area contributed by atoms with Crippen LogP contribution in [0.15, 0.2) is 41.5 Å². The Kier molecular flexibility index (Phi) is 5.62. The minimum absolute atomic E-state index is 0.117. The molecule has 2 aromatic rings. The fourth-order valence-electron chi connectivity index (χ4n) is 2.04. The zero-order chi connectivity index (χ0) is 17.5. The van der Waals surface area contributed by atoms with Crippen LogP contribution in [-0.2, 0) is 0 Å². The van der Waals surface area contributed by atoms with Gasteiger partial charge in [-0.1, -0.05) is 12.1 Å². The van der Waals surface area contributed by atoms with E-state index in [-0.39, 0.29) is 11.3 Å². The zero-order valence-corrected chi connectivity index (χ0v) is 13.6. The summed E-state index contributed by atoms with van der Waals surface area (Å²) in [6.45, 7) is 0. The standard InChI is InChI=1S/C17H18N2O5/c1-22-14-9-16(24-3)15(23-2)8-11(14)10-18-19-17(21)12-6-4-5-7-13(12)20/h4-10,20H,1-3H3,(H,19,21)/b18-10+. The summed E-state index contributed by atoms with van der Waals surface area (Å²) in [6.07, 6.45) is 1.42. The largest absolute Gasteiger partial charge is 0.507 e. The number of carbonyl (C=O) groups is 1. The predicted octanol–water partition coefficient (Wildman–Crippen LogP) is 2.18. The van der Waals surface area contributed by atoms with Crippen molar-refractivity contribution in [3.63, 3.8) is 0 Å². The van der Waals surface area contributed by atoms with Gasteiger partial charge in [-0.3, -0.25) is 4.79 Å². The van der Waals surface area contributed by atoms with Crippen molar-refractivity contribution in [2.24, 2.45) is 5.10 Å². The summed E-state index contributed by atoms with van der Waals surface area (Å²) in [7, 11) is 4.56. The van der Waals surface area contributed by atoms with Crippen LogP contribution >= 0.6 is 0 Å². The Balaban J connectivity index is 2.19. The van der Waals surface area contributed by atoms with E-state index in [1.807, 2.05) is 0 Å². The van der Waals surface area contributed by atoms with Crippen LogP contribution in [0.2, 0.25) is 0 Å². The molecule has 0 aliphatic carbocycles. The number of nitrogens with zero attached hydrogens (tertiary/aromatic N) is 1.